The van der Waals surface area contributed by atoms with Gasteiger partial charge in [-0.05, 0) is 31.7 Å². The van der Waals surface area contributed by atoms with Crippen molar-refractivity contribution >= 4 is 17.3 Å². The average molecular weight is 280 g/mol. The monoisotopic (exact) mass is 280 g/mol. The van der Waals surface area contributed by atoms with Crippen LogP contribution < -0.4 is 5.32 Å². The van der Waals surface area contributed by atoms with Gasteiger partial charge in [-0.25, -0.2) is 4.79 Å². The Morgan fingerprint density at radius 1 is 1.35 bits per heavy atom. The molecule has 0 bridgehead atoms. The number of non-ortho nitro benzene ring substituents is 1. The summed E-state index contributed by atoms with van der Waals surface area (Å²) in [6.45, 7) is 6.17. The van der Waals surface area contributed by atoms with Gasteiger partial charge in [0.25, 0.3) is 5.69 Å². The van der Waals surface area contributed by atoms with Crippen molar-refractivity contribution in [1.82, 2.24) is 0 Å². The molecule has 1 aromatic carbocycles. The molecule has 0 radical (unpaired) electrons. The second kappa shape index (κ2) is 6.88. The Morgan fingerprint density at radius 2 is 2.00 bits per heavy atom. The molecule has 0 aliphatic carbocycles. The molecule has 0 fully saturated rings. The summed E-state index contributed by atoms with van der Waals surface area (Å²) in [5.41, 5.74) is 0.225. The quantitative estimate of drug-likeness (QED) is 0.588. The van der Waals surface area contributed by atoms with Crippen LogP contribution in [0.3, 0.4) is 0 Å². The maximum atomic E-state index is 11.1. The Bertz CT molecular complexity index is 500. The Balaban J connectivity index is 2.92. The fraction of sp³-hybridized carbons (Fsp3) is 0.500. The summed E-state index contributed by atoms with van der Waals surface area (Å²) in [7, 11) is 0. The third-order valence-corrected chi connectivity index (χ3v) is 3.02. The Labute approximate surface area is 118 Å². The zero-order valence-corrected chi connectivity index (χ0v) is 11.9. The number of anilines is 1. The predicted octanol–water partition coefficient (Wildman–Crippen LogP) is 3.53. The Hall–Kier alpha value is -2.11. The number of carboxylic acids is 1. The first kappa shape index (κ1) is 15.9. The Morgan fingerprint density at radius 3 is 2.50 bits per heavy atom. The van der Waals surface area contributed by atoms with Gasteiger partial charge in [0.05, 0.1) is 16.2 Å². The van der Waals surface area contributed by atoms with Crippen LogP contribution >= 0.6 is 0 Å². The van der Waals surface area contributed by atoms with E-state index in [1.54, 1.807) is 0 Å². The number of nitro groups is 1. The molecule has 0 saturated heterocycles. The minimum atomic E-state index is -1.10. The van der Waals surface area contributed by atoms with E-state index in [0.29, 0.717) is 11.6 Å². The molecule has 110 valence electrons. The average Bonchev–Trinajstić information content (AvgIpc) is 2.35. The van der Waals surface area contributed by atoms with E-state index < -0.39 is 10.9 Å². The number of nitro benzene ring substituents is 1. The van der Waals surface area contributed by atoms with Gasteiger partial charge >= 0.3 is 5.97 Å². The molecule has 0 aliphatic heterocycles. The highest BCUT2D eigenvalue weighted by atomic mass is 16.6. The lowest BCUT2D eigenvalue weighted by molar-refractivity contribution is -0.384. The van der Waals surface area contributed by atoms with E-state index in [2.05, 4.69) is 19.2 Å². The normalized spacial score (nSPS) is 12.2. The molecule has 2 N–H and O–H groups in total. The second-order valence-corrected chi connectivity index (χ2v) is 5.31. The van der Waals surface area contributed by atoms with Gasteiger partial charge in [0, 0.05) is 18.2 Å². The highest BCUT2D eigenvalue weighted by Gasteiger charge is 2.16. The van der Waals surface area contributed by atoms with Gasteiger partial charge in [0.2, 0.25) is 0 Å². The summed E-state index contributed by atoms with van der Waals surface area (Å²) in [5.74, 6) is -0.540. The molecule has 0 heterocycles. The topological polar surface area (TPSA) is 92.5 Å². The fourth-order valence-corrected chi connectivity index (χ4v) is 1.87. The van der Waals surface area contributed by atoms with Crippen molar-refractivity contribution in [2.45, 2.75) is 39.7 Å². The highest BCUT2D eigenvalue weighted by molar-refractivity contribution is 5.94. The van der Waals surface area contributed by atoms with Gasteiger partial charge in [-0.15, -0.1) is 0 Å². The van der Waals surface area contributed by atoms with E-state index in [4.69, 9.17) is 5.11 Å². The first-order valence-electron chi connectivity index (χ1n) is 6.59. The number of hydrogen-bond acceptors (Lipinski definition) is 4. The summed E-state index contributed by atoms with van der Waals surface area (Å²) in [5, 5.41) is 22.9. The molecule has 0 amide bonds. The molecule has 6 nitrogen and oxygen atoms in total. The zero-order valence-electron chi connectivity index (χ0n) is 11.9. The van der Waals surface area contributed by atoms with Gasteiger partial charge < -0.3 is 10.4 Å². The van der Waals surface area contributed by atoms with Gasteiger partial charge in [0.15, 0.2) is 0 Å². The first-order chi connectivity index (χ1) is 9.31. The van der Waals surface area contributed by atoms with Gasteiger partial charge in [0.1, 0.15) is 0 Å². The van der Waals surface area contributed by atoms with Crippen molar-refractivity contribution < 1.29 is 14.8 Å². The number of benzene rings is 1. The molecule has 0 spiro atoms. The van der Waals surface area contributed by atoms with Crippen LogP contribution in [0.2, 0.25) is 0 Å². The standard InChI is InChI=1S/C14H20N2O4/c1-9(2)4-5-10(3)15-13-8-11(16(19)20)6-7-12(13)14(17)18/h6-10,15H,4-5H2,1-3H3,(H,17,18). The van der Waals surface area contributed by atoms with Crippen LogP contribution in [0.1, 0.15) is 44.0 Å². The molecule has 0 aliphatic rings. The van der Waals surface area contributed by atoms with E-state index in [1.165, 1.54) is 18.2 Å². The molecular weight excluding hydrogens is 260 g/mol. The van der Waals surface area contributed by atoms with Crippen molar-refractivity contribution in [3.63, 3.8) is 0 Å². The van der Waals surface area contributed by atoms with Crippen LogP contribution in [-0.2, 0) is 0 Å². The molecule has 1 atom stereocenters. The molecule has 0 aromatic heterocycles. The number of aromatic carboxylic acids is 1. The third-order valence-electron chi connectivity index (χ3n) is 3.02. The van der Waals surface area contributed by atoms with Crippen LogP contribution in [-0.4, -0.2) is 22.0 Å². The van der Waals surface area contributed by atoms with Crippen LogP contribution in [0.25, 0.3) is 0 Å². The number of hydrogen-bond donors (Lipinski definition) is 2. The summed E-state index contributed by atoms with van der Waals surface area (Å²) in [6.07, 6.45) is 1.88. The largest absolute Gasteiger partial charge is 0.478 e. The van der Waals surface area contributed by atoms with Crippen LogP contribution in [0.5, 0.6) is 0 Å². The van der Waals surface area contributed by atoms with Crippen molar-refractivity contribution in [2.24, 2.45) is 5.92 Å². The second-order valence-electron chi connectivity index (χ2n) is 5.31. The fourth-order valence-electron chi connectivity index (χ4n) is 1.87. The molecule has 1 rings (SSSR count). The van der Waals surface area contributed by atoms with E-state index in [0.717, 1.165) is 12.8 Å². The molecule has 6 heteroatoms. The molecule has 20 heavy (non-hydrogen) atoms. The zero-order chi connectivity index (χ0) is 15.3. The number of carboxylic acid groups (broad SMARTS) is 1. The molecule has 1 unspecified atom stereocenters. The van der Waals surface area contributed by atoms with Crippen LogP contribution in [0.4, 0.5) is 11.4 Å². The van der Waals surface area contributed by atoms with E-state index in [-0.39, 0.29) is 17.3 Å². The highest BCUT2D eigenvalue weighted by Crippen LogP contribution is 2.24. The van der Waals surface area contributed by atoms with E-state index in [9.17, 15) is 14.9 Å². The van der Waals surface area contributed by atoms with Gasteiger partial charge in [-0.1, -0.05) is 13.8 Å². The number of rotatable bonds is 7. The minimum Gasteiger partial charge on any atom is -0.478 e. The maximum Gasteiger partial charge on any atom is 0.337 e. The summed E-state index contributed by atoms with van der Waals surface area (Å²) in [6, 6.07) is 3.79. The number of carbonyl (C=O) groups is 1. The molecule has 0 saturated carbocycles. The molecule has 1 aromatic rings. The van der Waals surface area contributed by atoms with E-state index >= 15 is 0 Å². The maximum absolute atomic E-state index is 11.1. The predicted molar refractivity (Wildman–Crippen MR) is 77.2 cm³/mol. The third kappa shape index (κ3) is 4.53. The number of nitrogens with zero attached hydrogens (tertiary/aromatic N) is 1. The van der Waals surface area contributed by atoms with Crippen molar-refractivity contribution in [1.29, 1.82) is 0 Å². The lowest BCUT2D eigenvalue weighted by Crippen LogP contribution is -2.18. The van der Waals surface area contributed by atoms with Crippen molar-refractivity contribution in [3.05, 3.63) is 33.9 Å². The lowest BCUT2D eigenvalue weighted by Gasteiger charge is -2.17. The summed E-state index contributed by atoms with van der Waals surface area (Å²) >= 11 is 0. The van der Waals surface area contributed by atoms with Crippen LogP contribution in [0.15, 0.2) is 18.2 Å². The molecular formula is C14H20N2O4. The van der Waals surface area contributed by atoms with Gasteiger partial charge in [-0.2, -0.15) is 0 Å². The Kier molecular flexibility index (Phi) is 5.49. The minimum absolute atomic E-state index is 0.0481. The lowest BCUT2D eigenvalue weighted by atomic mass is 10.0. The van der Waals surface area contributed by atoms with Crippen molar-refractivity contribution in [3.8, 4) is 0 Å². The number of nitrogens with one attached hydrogen (secondary N) is 1. The van der Waals surface area contributed by atoms with Crippen molar-refractivity contribution in [2.75, 3.05) is 5.32 Å². The van der Waals surface area contributed by atoms with Gasteiger partial charge in [-0.3, -0.25) is 10.1 Å². The summed E-state index contributed by atoms with van der Waals surface area (Å²) in [4.78, 5) is 21.4. The van der Waals surface area contributed by atoms with Crippen LogP contribution in [0, 0.1) is 16.0 Å². The van der Waals surface area contributed by atoms with E-state index in [1.807, 2.05) is 6.92 Å². The smallest absolute Gasteiger partial charge is 0.337 e. The first-order valence-corrected chi connectivity index (χ1v) is 6.59. The SMILES string of the molecule is CC(C)CCC(C)Nc1cc([N+](=O)[O-])ccc1C(=O)O. The summed E-state index contributed by atoms with van der Waals surface area (Å²) < 4.78 is 0.